The molecule has 0 aliphatic heterocycles. The fourth-order valence-corrected chi connectivity index (χ4v) is 1.45. The Morgan fingerprint density at radius 1 is 1.09 bits per heavy atom. The first-order valence-electron chi connectivity index (χ1n) is 7.45. The van der Waals surface area contributed by atoms with Crippen LogP contribution in [0.5, 0.6) is 0 Å². The van der Waals surface area contributed by atoms with E-state index in [2.05, 4.69) is 13.2 Å². The molecule has 0 rings (SSSR count). The summed E-state index contributed by atoms with van der Waals surface area (Å²) in [7, 11) is 0. The predicted octanol–water partition coefficient (Wildman–Crippen LogP) is 3.72. The number of allylic oxidation sites excluding steroid dienone is 2. The van der Waals surface area contributed by atoms with Crippen molar-refractivity contribution in [2.45, 2.75) is 53.1 Å². The molecule has 0 fully saturated rings. The molecular weight excluding hydrogens is 284 g/mol. The Labute approximate surface area is 133 Å². The van der Waals surface area contributed by atoms with Crippen LogP contribution in [0.4, 0.5) is 0 Å². The van der Waals surface area contributed by atoms with Gasteiger partial charge in [0.15, 0.2) is 12.6 Å². The molecule has 0 amide bonds. The maximum absolute atomic E-state index is 11.3. The SMILES string of the molecule is C=CC(=CC)OC(C)OCCCCOC(C)OC(=O)C(=C)C. The second-order valence-electron chi connectivity index (χ2n) is 4.78. The van der Waals surface area contributed by atoms with Crippen molar-refractivity contribution in [2.24, 2.45) is 0 Å². The molecule has 22 heavy (non-hydrogen) atoms. The predicted molar refractivity (Wildman–Crippen MR) is 86.0 cm³/mol. The Bertz CT molecular complexity index is 387. The smallest absolute Gasteiger partial charge is 0.335 e. The molecule has 0 radical (unpaired) electrons. The van der Waals surface area contributed by atoms with Crippen LogP contribution in [0.25, 0.3) is 0 Å². The third-order valence-corrected chi connectivity index (χ3v) is 2.65. The van der Waals surface area contributed by atoms with Crippen LogP contribution >= 0.6 is 0 Å². The minimum Gasteiger partial charge on any atom is -0.466 e. The van der Waals surface area contributed by atoms with Crippen molar-refractivity contribution in [2.75, 3.05) is 13.2 Å². The van der Waals surface area contributed by atoms with Gasteiger partial charge in [-0.25, -0.2) is 4.79 Å². The van der Waals surface area contributed by atoms with Gasteiger partial charge in [0.05, 0.1) is 13.2 Å². The van der Waals surface area contributed by atoms with Crippen molar-refractivity contribution in [1.82, 2.24) is 0 Å². The molecular formula is C17H28O5. The van der Waals surface area contributed by atoms with Crippen molar-refractivity contribution < 1.29 is 23.7 Å². The number of esters is 1. The number of carbonyl (C=O) groups excluding carboxylic acids is 1. The Balaban J connectivity index is 3.63. The van der Waals surface area contributed by atoms with E-state index < -0.39 is 12.3 Å². The van der Waals surface area contributed by atoms with E-state index in [1.807, 2.05) is 19.9 Å². The molecule has 0 spiro atoms. The molecule has 0 saturated carbocycles. The van der Waals surface area contributed by atoms with Gasteiger partial charge < -0.3 is 18.9 Å². The van der Waals surface area contributed by atoms with Crippen LogP contribution in [0.1, 0.15) is 40.5 Å². The average Bonchev–Trinajstić information content (AvgIpc) is 2.47. The van der Waals surface area contributed by atoms with Crippen LogP contribution in [0.3, 0.4) is 0 Å². The standard InChI is InChI=1S/C17H28O5/c1-7-16(8-2)21-14(5)19-11-9-10-12-20-15(6)22-17(18)13(3)4/h7-8,14-15H,1,3,9-12H2,2,4-6H3. The quantitative estimate of drug-likeness (QED) is 0.137. The molecule has 0 heterocycles. The minimum atomic E-state index is -0.572. The van der Waals surface area contributed by atoms with Crippen molar-refractivity contribution in [3.8, 4) is 0 Å². The van der Waals surface area contributed by atoms with Crippen LogP contribution in [0.2, 0.25) is 0 Å². The number of hydrogen-bond acceptors (Lipinski definition) is 5. The highest BCUT2D eigenvalue weighted by atomic mass is 16.7. The summed E-state index contributed by atoms with van der Waals surface area (Å²) in [5, 5.41) is 0. The molecule has 0 aliphatic rings. The highest BCUT2D eigenvalue weighted by Crippen LogP contribution is 2.06. The number of rotatable bonds is 12. The van der Waals surface area contributed by atoms with Gasteiger partial charge in [-0.3, -0.25) is 0 Å². The van der Waals surface area contributed by atoms with E-state index in [0.29, 0.717) is 24.5 Å². The minimum absolute atomic E-state index is 0.319. The van der Waals surface area contributed by atoms with E-state index in [0.717, 1.165) is 12.8 Å². The van der Waals surface area contributed by atoms with Crippen LogP contribution in [0.15, 0.2) is 36.6 Å². The maximum atomic E-state index is 11.3. The zero-order valence-corrected chi connectivity index (χ0v) is 14.1. The molecule has 0 aromatic rings. The monoisotopic (exact) mass is 312 g/mol. The number of ether oxygens (including phenoxy) is 4. The molecule has 0 N–H and O–H groups in total. The first-order chi connectivity index (χ1) is 10.4. The van der Waals surface area contributed by atoms with Crippen molar-refractivity contribution in [3.05, 3.63) is 36.6 Å². The molecule has 126 valence electrons. The molecule has 0 aromatic carbocycles. The maximum Gasteiger partial charge on any atom is 0.335 e. The molecule has 0 saturated heterocycles. The summed E-state index contributed by atoms with van der Waals surface area (Å²) in [5.41, 5.74) is 0.359. The molecule has 2 unspecified atom stereocenters. The summed E-state index contributed by atoms with van der Waals surface area (Å²) in [6, 6.07) is 0. The first kappa shape index (κ1) is 20.4. The Morgan fingerprint density at radius 3 is 2.00 bits per heavy atom. The lowest BCUT2D eigenvalue weighted by Crippen LogP contribution is -2.19. The topological polar surface area (TPSA) is 54.0 Å². The zero-order valence-electron chi connectivity index (χ0n) is 14.1. The summed E-state index contributed by atoms with van der Waals surface area (Å²) in [6.45, 7) is 15.2. The van der Waals surface area contributed by atoms with Crippen molar-refractivity contribution in [1.29, 1.82) is 0 Å². The van der Waals surface area contributed by atoms with Crippen LogP contribution in [-0.4, -0.2) is 31.8 Å². The molecule has 0 bridgehead atoms. The van der Waals surface area contributed by atoms with Gasteiger partial charge in [0, 0.05) is 5.57 Å². The summed E-state index contributed by atoms with van der Waals surface area (Å²) in [4.78, 5) is 11.3. The Kier molecular flexibility index (Phi) is 11.1. The molecule has 0 aromatic heterocycles. The van der Waals surface area contributed by atoms with Gasteiger partial charge in [0.1, 0.15) is 5.76 Å². The molecule has 5 heteroatoms. The normalized spacial score (nSPS) is 14.1. The fraction of sp³-hybridized carbons (Fsp3) is 0.588. The lowest BCUT2D eigenvalue weighted by Gasteiger charge is -2.16. The first-order valence-corrected chi connectivity index (χ1v) is 7.45. The molecule has 2 atom stereocenters. The van der Waals surface area contributed by atoms with Gasteiger partial charge in [-0.05, 0) is 52.7 Å². The van der Waals surface area contributed by atoms with E-state index in [-0.39, 0.29) is 6.29 Å². The average molecular weight is 312 g/mol. The van der Waals surface area contributed by atoms with Crippen molar-refractivity contribution in [3.63, 3.8) is 0 Å². The van der Waals surface area contributed by atoms with Crippen LogP contribution < -0.4 is 0 Å². The van der Waals surface area contributed by atoms with Gasteiger partial charge in [-0.2, -0.15) is 0 Å². The summed E-state index contributed by atoms with van der Waals surface area (Å²) in [6.07, 6.45) is 4.21. The van der Waals surface area contributed by atoms with E-state index in [1.54, 1.807) is 19.9 Å². The van der Waals surface area contributed by atoms with Crippen molar-refractivity contribution >= 4 is 5.97 Å². The zero-order chi connectivity index (χ0) is 17.0. The Morgan fingerprint density at radius 2 is 1.59 bits per heavy atom. The molecule has 0 aliphatic carbocycles. The van der Waals surface area contributed by atoms with Gasteiger partial charge in [0.2, 0.25) is 0 Å². The van der Waals surface area contributed by atoms with Gasteiger partial charge in [0.25, 0.3) is 0 Å². The van der Waals surface area contributed by atoms with E-state index in [4.69, 9.17) is 18.9 Å². The third kappa shape index (κ3) is 10.2. The number of carbonyl (C=O) groups is 1. The van der Waals surface area contributed by atoms with Gasteiger partial charge in [-0.15, -0.1) is 0 Å². The second-order valence-corrected chi connectivity index (χ2v) is 4.78. The number of unbranched alkanes of at least 4 members (excludes halogenated alkanes) is 1. The van der Waals surface area contributed by atoms with Gasteiger partial charge >= 0.3 is 5.97 Å². The van der Waals surface area contributed by atoms with Gasteiger partial charge in [-0.1, -0.05) is 13.2 Å². The summed E-state index contributed by atoms with van der Waals surface area (Å²) in [5.74, 6) is 0.257. The van der Waals surface area contributed by atoms with E-state index in [9.17, 15) is 4.79 Å². The summed E-state index contributed by atoms with van der Waals surface area (Å²) < 4.78 is 21.4. The van der Waals surface area contributed by atoms with Crippen LogP contribution in [0, 0.1) is 0 Å². The largest absolute Gasteiger partial charge is 0.466 e. The Hall–Kier alpha value is -1.59. The highest BCUT2D eigenvalue weighted by Gasteiger charge is 2.09. The summed E-state index contributed by atoms with van der Waals surface area (Å²) >= 11 is 0. The van der Waals surface area contributed by atoms with E-state index in [1.165, 1.54) is 0 Å². The fourth-order valence-electron chi connectivity index (χ4n) is 1.45. The second kappa shape index (κ2) is 12.0. The molecule has 5 nitrogen and oxygen atoms in total. The number of hydrogen-bond donors (Lipinski definition) is 0. The van der Waals surface area contributed by atoms with E-state index >= 15 is 0 Å². The lowest BCUT2D eigenvalue weighted by atomic mass is 10.3. The highest BCUT2D eigenvalue weighted by molar-refractivity contribution is 5.86. The van der Waals surface area contributed by atoms with Crippen LogP contribution in [-0.2, 0) is 23.7 Å². The lowest BCUT2D eigenvalue weighted by molar-refractivity contribution is -0.170. The third-order valence-electron chi connectivity index (χ3n) is 2.65.